The number of hydrogen-bond acceptors (Lipinski definition) is 4. The smallest absolute Gasteiger partial charge is 0.119 e. The van der Waals surface area contributed by atoms with Gasteiger partial charge in [-0.3, -0.25) is 0 Å². The van der Waals surface area contributed by atoms with Gasteiger partial charge in [0.05, 0.1) is 3.79 Å². The Bertz CT molecular complexity index is 527. The third-order valence-electron chi connectivity index (χ3n) is 2.77. The van der Waals surface area contributed by atoms with E-state index in [2.05, 4.69) is 27.3 Å². The van der Waals surface area contributed by atoms with Crippen LogP contribution in [0.25, 0.3) is 0 Å². The molecule has 0 spiro atoms. The topological polar surface area (TPSA) is 41.5 Å². The number of halogens is 1. The summed E-state index contributed by atoms with van der Waals surface area (Å²) in [7, 11) is 0. The Morgan fingerprint density at radius 1 is 1.25 bits per heavy atom. The van der Waals surface area contributed by atoms with E-state index in [0.717, 1.165) is 16.1 Å². The summed E-state index contributed by atoms with van der Waals surface area (Å²) in [5.41, 5.74) is 1.20. The first kappa shape index (κ1) is 15.5. The number of benzene rings is 1. The summed E-state index contributed by atoms with van der Waals surface area (Å²) in [5.74, 6) is 0.789. The van der Waals surface area contributed by atoms with Gasteiger partial charge < -0.3 is 15.2 Å². The highest BCUT2D eigenvalue weighted by Gasteiger charge is 2.05. The van der Waals surface area contributed by atoms with Gasteiger partial charge >= 0.3 is 0 Å². The van der Waals surface area contributed by atoms with Crippen molar-refractivity contribution in [3.63, 3.8) is 0 Å². The molecule has 20 heavy (non-hydrogen) atoms. The zero-order valence-corrected chi connectivity index (χ0v) is 13.7. The fourth-order valence-corrected chi connectivity index (χ4v) is 3.15. The molecule has 0 aliphatic carbocycles. The largest absolute Gasteiger partial charge is 0.491 e. The first-order valence-electron chi connectivity index (χ1n) is 6.46. The van der Waals surface area contributed by atoms with Gasteiger partial charge in [-0.15, -0.1) is 11.3 Å². The quantitative estimate of drug-likeness (QED) is 0.800. The minimum atomic E-state index is -0.514. The number of aryl methyl sites for hydroxylation is 1. The van der Waals surface area contributed by atoms with Gasteiger partial charge in [0.1, 0.15) is 18.5 Å². The lowest BCUT2D eigenvalue weighted by atomic mass is 10.2. The van der Waals surface area contributed by atoms with Crippen LogP contribution in [0.1, 0.15) is 10.4 Å². The molecule has 0 amide bonds. The van der Waals surface area contributed by atoms with Crippen molar-refractivity contribution in [2.24, 2.45) is 0 Å². The van der Waals surface area contributed by atoms with E-state index in [-0.39, 0.29) is 0 Å². The number of nitrogens with one attached hydrogen (secondary N) is 1. The lowest BCUT2D eigenvalue weighted by molar-refractivity contribution is 0.106. The summed E-state index contributed by atoms with van der Waals surface area (Å²) in [6.07, 6.45) is -0.514. The molecular formula is C15H18BrNO2S. The molecule has 0 fully saturated rings. The van der Waals surface area contributed by atoms with Crippen molar-refractivity contribution in [3.05, 3.63) is 50.6 Å². The van der Waals surface area contributed by atoms with E-state index in [4.69, 9.17) is 4.74 Å². The Kier molecular flexibility index (Phi) is 6.04. The molecule has 1 atom stereocenters. The molecular weight excluding hydrogens is 338 g/mol. The predicted molar refractivity (Wildman–Crippen MR) is 86.4 cm³/mol. The fraction of sp³-hybridized carbons (Fsp3) is 0.333. The van der Waals surface area contributed by atoms with Crippen molar-refractivity contribution in [2.45, 2.75) is 19.6 Å². The second-order valence-corrected chi connectivity index (χ2v) is 7.16. The van der Waals surface area contributed by atoms with E-state index in [9.17, 15) is 5.11 Å². The monoisotopic (exact) mass is 355 g/mol. The number of ether oxygens (including phenoxy) is 1. The van der Waals surface area contributed by atoms with Gasteiger partial charge in [-0.05, 0) is 47.1 Å². The molecule has 2 aromatic rings. The Morgan fingerprint density at radius 3 is 2.65 bits per heavy atom. The highest BCUT2D eigenvalue weighted by Crippen LogP contribution is 2.21. The second kappa shape index (κ2) is 7.78. The molecule has 2 N–H and O–H groups in total. The van der Waals surface area contributed by atoms with Crippen LogP contribution in [0.2, 0.25) is 0 Å². The summed E-state index contributed by atoms with van der Waals surface area (Å²) in [6, 6.07) is 11.9. The molecule has 3 nitrogen and oxygen atoms in total. The zero-order valence-electron chi connectivity index (χ0n) is 11.3. The van der Waals surface area contributed by atoms with Crippen LogP contribution in [0.4, 0.5) is 0 Å². The van der Waals surface area contributed by atoms with Crippen molar-refractivity contribution in [3.8, 4) is 5.75 Å². The summed E-state index contributed by atoms with van der Waals surface area (Å²) in [4.78, 5) is 1.24. The maximum atomic E-state index is 9.85. The van der Waals surface area contributed by atoms with Crippen molar-refractivity contribution in [1.82, 2.24) is 5.32 Å². The molecule has 5 heteroatoms. The van der Waals surface area contributed by atoms with Crippen LogP contribution < -0.4 is 10.1 Å². The predicted octanol–water partition coefficient (Wildman–Crippen LogP) is 3.35. The Hall–Kier alpha value is -0.880. The molecule has 0 radical (unpaired) electrons. The van der Waals surface area contributed by atoms with E-state index >= 15 is 0 Å². The normalized spacial score (nSPS) is 12.3. The Morgan fingerprint density at radius 2 is 2.00 bits per heavy atom. The van der Waals surface area contributed by atoms with E-state index in [0.29, 0.717) is 13.2 Å². The molecule has 0 saturated heterocycles. The van der Waals surface area contributed by atoms with Crippen LogP contribution in [-0.4, -0.2) is 24.4 Å². The van der Waals surface area contributed by atoms with Crippen LogP contribution in [0.15, 0.2) is 40.2 Å². The van der Waals surface area contributed by atoms with Gasteiger partial charge in [-0.25, -0.2) is 0 Å². The van der Waals surface area contributed by atoms with Gasteiger partial charge in [0.2, 0.25) is 0 Å². The maximum absolute atomic E-state index is 9.85. The average Bonchev–Trinajstić information content (AvgIpc) is 2.84. The van der Waals surface area contributed by atoms with E-state index < -0.39 is 6.10 Å². The van der Waals surface area contributed by atoms with Gasteiger partial charge in [-0.1, -0.05) is 17.7 Å². The Labute approximate surface area is 131 Å². The van der Waals surface area contributed by atoms with E-state index in [1.165, 1.54) is 10.4 Å². The summed E-state index contributed by atoms with van der Waals surface area (Å²) in [5, 5.41) is 13.1. The van der Waals surface area contributed by atoms with Crippen molar-refractivity contribution in [1.29, 1.82) is 0 Å². The third kappa shape index (κ3) is 5.25. The Balaban J connectivity index is 1.65. The molecule has 1 unspecified atom stereocenters. The van der Waals surface area contributed by atoms with Gasteiger partial charge in [0.25, 0.3) is 0 Å². The van der Waals surface area contributed by atoms with Gasteiger partial charge in [0, 0.05) is 18.0 Å². The maximum Gasteiger partial charge on any atom is 0.119 e. The number of aliphatic hydroxyl groups excluding tert-OH is 1. The number of rotatable bonds is 7. The minimum Gasteiger partial charge on any atom is -0.491 e. The second-order valence-electron chi connectivity index (χ2n) is 4.61. The molecule has 0 bridgehead atoms. The summed E-state index contributed by atoms with van der Waals surface area (Å²) < 4.78 is 6.66. The van der Waals surface area contributed by atoms with Gasteiger partial charge in [-0.2, -0.15) is 0 Å². The molecule has 108 valence electrons. The molecule has 1 heterocycles. The first-order valence-corrected chi connectivity index (χ1v) is 8.07. The molecule has 2 rings (SSSR count). The third-order valence-corrected chi connectivity index (χ3v) is 4.40. The van der Waals surface area contributed by atoms with Crippen molar-refractivity contribution in [2.75, 3.05) is 13.2 Å². The molecule has 1 aromatic heterocycles. The summed E-state index contributed by atoms with van der Waals surface area (Å²) >= 11 is 5.12. The highest BCUT2D eigenvalue weighted by molar-refractivity contribution is 9.11. The number of hydrogen-bond donors (Lipinski definition) is 2. The molecule has 0 aliphatic rings. The van der Waals surface area contributed by atoms with Crippen LogP contribution >= 0.6 is 27.3 Å². The minimum absolute atomic E-state index is 0.296. The summed E-state index contributed by atoms with van der Waals surface area (Å²) in [6.45, 7) is 3.61. The lowest BCUT2D eigenvalue weighted by Crippen LogP contribution is -2.30. The zero-order chi connectivity index (χ0) is 14.4. The SMILES string of the molecule is Cc1ccc(OCC(O)CNCc2ccc(Br)s2)cc1. The molecule has 0 aliphatic heterocycles. The van der Waals surface area contributed by atoms with Crippen LogP contribution in [0, 0.1) is 6.92 Å². The number of aliphatic hydroxyl groups is 1. The van der Waals surface area contributed by atoms with Crippen LogP contribution in [0.5, 0.6) is 5.75 Å². The molecule has 1 aromatic carbocycles. The highest BCUT2D eigenvalue weighted by atomic mass is 79.9. The van der Waals surface area contributed by atoms with Crippen molar-refractivity contribution >= 4 is 27.3 Å². The van der Waals surface area contributed by atoms with Crippen LogP contribution in [-0.2, 0) is 6.54 Å². The molecule has 0 saturated carbocycles. The first-order chi connectivity index (χ1) is 9.63. The van der Waals surface area contributed by atoms with E-state index in [1.54, 1.807) is 11.3 Å². The fourth-order valence-electron chi connectivity index (χ4n) is 1.69. The average molecular weight is 356 g/mol. The van der Waals surface area contributed by atoms with E-state index in [1.807, 2.05) is 37.3 Å². The van der Waals surface area contributed by atoms with Crippen LogP contribution in [0.3, 0.4) is 0 Å². The standard InChI is InChI=1S/C15H18BrNO2S/c1-11-2-4-13(5-3-11)19-10-12(18)8-17-9-14-6-7-15(16)20-14/h2-7,12,17-18H,8-10H2,1H3. The van der Waals surface area contributed by atoms with Gasteiger partial charge in [0.15, 0.2) is 0 Å². The van der Waals surface area contributed by atoms with Crippen molar-refractivity contribution < 1.29 is 9.84 Å². The number of thiophene rings is 1. The lowest BCUT2D eigenvalue weighted by Gasteiger charge is -2.13.